The van der Waals surface area contributed by atoms with Crippen molar-refractivity contribution in [2.24, 2.45) is 5.92 Å². The minimum atomic E-state index is -1.04. The van der Waals surface area contributed by atoms with Gasteiger partial charge in [-0.3, -0.25) is 9.59 Å². The van der Waals surface area contributed by atoms with Gasteiger partial charge in [-0.25, -0.2) is 9.69 Å². The zero-order chi connectivity index (χ0) is 28.2. The molecule has 40 heavy (non-hydrogen) atoms. The standard InChI is InChI=1S/C33H39NO6/c35-22-14-6-4-2-1-3-5-13-19-27-20-21-30(36)31(40-27)28(23-25-15-9-7-10-16-25)32(37)34-29(24-39-33(34)38)26-17-11-8-12-18-26/h7-12,15-21,28-29,31,35H,1-6,13-14,22-24H2/t28-,29+,31-/m0/s1. The highest BCUT2D eigenvalue weighted by Gasteiger charge is 2.46. The van der Waals surface area contributed by atoms with Crippen molar-refractivity contribution in [3.63, 3.8) is 0 Å². The molecule has 7 nitrogen and oxygen atoms in total. The van der Waals surface area contributed by atoms with Crippen LogP contribution in [-0.4, -0.2) is 47.1 Å². The van der Waals surface area contributed by atoms with Gasteiger partial charge in [-0.15, -0.1) is 0 Å². The van der Waals surface area contributed by atoms with Gasteiger partial charge < -0.3 is 14.6 Å². The lowest BCUT2D eigenvalue weighted by atomic mass is 9.88. The molecule has 0 bridgehead atoms. The van der Waals surface area contributed by atoms with Crippen LogP contribution in [0.25, 0.3) is 0 Å². The first-order chi connectivity index (χ1) is 19.6. The summed E-state index contributed by atoms with van der Waals surface area (Å²) >= 11 is 0. The van der Waals surface area contributed by atoms with Crippen molar-refractivity contribution in [3.05, 3.63) is 95.8 Å². The summed E-state index contributed by atoms with van der Waals surface area (Å²) in [5.41, 5.74) is 1.67. The maximum absolute atomic E-state index is 14.1. The van der Waals surface area contributed by atoms with E-state index in [1.54, 1.807) is 6.08 Å². The Morgan fingerprint density at radius 3 is 2.25 bits per heavy atom. The molecular weight excluding hydrogens is 506 g/mol. The van der Waals surface area contributed by atoms with E-state index < -0.39 is 30.1 Å². The van der Waals surface area contributed by atoms with Crippen LogP contribution in [0.15, 0.2) is 84.7 Å². The number of aliphatic hydroxyl groups excluding tert-OH is 1. The molecule has 1 fully saturated rings. The van der Waals surface area contributed by atoms with E-state index in [0.29, 0.717) is 5.76 Å². The Morgan fingerprint density at radius 1 is 0.900 bits per heavy atom. The number of benzene rings is 2. The molecule has 0 radical (unpaired) electrons. The lowest BCUT2D eigenvalue weighted by Gasteiger charge is -2.31. The van der Waals surface area contributed by atoms with Crippen molar-refractivity contribution in [2.75, 3.05) is 13.2 Å². The van der Waals surface area contributed by atoms with Crippen molar-refractivity contribution in [2.45, 2.75) is 69.9 Å². The van der Waals surface area contributed by atoms with Crippen LogP contribution in [0.4, 0.5) is 4.79 Å². The Hall–Kier alpha value is -3.71. The lowest BCUT2D eigenvalue weighted by molar-refractivity contribution is -0.143. The number of carbonyl (C=O) groups is 3. The predicted octanol–water partition coefficient (Wildman–Crippen LogP) is 6.09. The van der Waals surface area contributed by atoms with Gasteiger partial charge in [-0.1, -0.05) is 92.8 Å². The second-order valence-electron chi connectivity index (χ2n) is 10.4. The van der Waals surface area contributed by atoms with E-state index in [1.807, 2.05) is 66.7 Å². The molecule has 2 heterocycles. The number of allylic oxidation sites excluding steroid dienone is 2. The van der Waals surface area contributed by atoms with Gasteiger partial charge in [0.1, 0.15) is 18.4 Å². The van der Waals surface area contributed by atoms with Crippen molar-refractivity contribution in [1.29, 1.82) is 0 Å². The van der Waals surface area contributed by atoms with E-state index in [9.17, 15) is 14.4 Å². The summed E-state index contributed by atoms with van der Waals surface area (Å²) < 4.78 is 11.5. The third kappa shape index (κ3) is 7.92. The number of ether oxygens (including phenoxy) is 2. The van der Waals surface area contributed by atoms with Gasteiger partial charge in [-0.2, -0.15) is 0 Å². The SMILES string of the molecule is O=C1C=CC(=CCCCCCCCCCO)O[C@H]1[C@H](Cc1ccccc1)C(=O)N1C(=O)OC[C@@H]1c1ccccc1. The van der Waals surface area contributed by atoms with E-state index >= 15 is 0 Å². The molecule has 2 amide bonds. The lowest BCUT2D eigenvalue weighted by Crippen LogP contribution is -2.47. The molecule has 4 rings (SSSR count). The molecule has 7 heteroatoms. The second-order valence-corrected chi connectivity index (χ2v) is 10.4. The number of carbonyl (C=O) groups excluding carboxylic acids is 3. The van der Waals surface area contributed by atoms with Crippen molar-refractivity contribution >= 4 is 17.8 Å². The summed E-state index contributed by atoms with van der Waals surface area (Å²) in [6.45, 7) is 0.330. The fourth-order valence-corrected chi connectivity index (χ4v) is 5.24. The smallest absolute Gasteiger partial charge is 0.417 e. The Kier molecular flexibility index (Phi) is 11.1. The molecule has 2 aliphatic heterocycles. The molecule has 0 unspecified atom stereocenters. The van der Waals surface area contributed by atoms with Crippen LogP contribution in [0.5, 0.6) is 0 Å². The molecule has 3 atom stereocenters. The quantitative estimate of drug-likeness (QED) is 0.289. The van der Waals surface area contributed by atoms with Crippen molar-refractivity contribution in [1.82, 2.24) is 4.90 Å². The topological polar surface area (TPSA) is 93.1 Å². The Labute approximate surface area is 236 Å². The number of rotatable bonds is 14. The van der Waals surface area contributed by atoms with Gasteiger partial charge in [0.25, 0.3) is 0 Å². The van der Waals surface area contributed by atoms with E-state index in [2.05, 4.69) is 0 Å². The maximum Gasteiger partial charge on any atom is 0.417 e. The fourth-order valence-electron chi connectivity index (χ4n) is 5.24. The Morgan fingerprint density at radius 2 is 1.55 bits per heavy atom. The molecule has 1 saturated heterocycles. The summed E-state index contributed by atoms with van der Waals surface area (Å²) in [4.78, 5) is 41.1. The summed E-state index contributed by atoms with van der Waals surface area (Å²) in [6, 6.07) is 18.2. The number of hydrogen-bond acceptors (Lipinski definition) is 6. The van der Waals surface area contributed by atoms with E-state index in [4.69, 9.17) is 14.6 Å². The second kappa shape index (κ2) is 15.2. The minimum absolute atomic E-state index is 0.0681. The number of imide groups is 1. The van der Waals surface area contributed by atoms with Gasteiger partial charge in [0.05, 0.1) is 5.92 Å². The summed E-state index contributed by atoms with van der Waals surface area (Å²) in [5, 5.41) is 8.88. The molecule has 0 aromatic heterocycles. The van der Waals surface area contributed by atoms with Crippen molar-refractivity contribution < 1.29 is 29.0 Å². The van der Waals surface area contributed by atoms with Crippen LogP contribution in [0.2, 0.25) is 0 Å². The average Bonchev–Trinajstić information content (AvgIpc) is 3.38. The van der Waals surface area contributed by atoms with Gasteiger partial charge in [0.2, 0.25) is 5.91 Å². The molecule has 0 aliphatic carbocycles. The first-order valence-corrected chi connectivity index (χ1v) is 14.4. The molecular formula is C33H39NO6. The predicted molar refractivity (Wildman–Crippen MR) is 152 cm³/mol. The van der Waals surface area contributed by atoms with Gasteiger partial charge in [0, 0.05) is 6.61 Å². The van der Waals surface area contributed by atoms with Gasteiger partial charge in [0.15, 0.2) is 11.9 Å². The molecule has 2 aliphatic rings. The molecule has 212 valence electrons. The first-order valence-electron chi connectivity index (χ1n) is 14.4. The van der Waals surface area contributed by atoms with Crippen molar-refractivity contribution in [3.8, 4) is 0 Å². The highest BCUT2D eigenvalue weighted by Crippen LogP contribution is 2.33. The van der Waals surface area contributed by atoms with E-state index in [0.717, 1.165) is 67.4 Å². The number of unbranched alkanes of at least 4 members (excludes halogenated alkanes) is 7. The third-order valence-electron chi connectivity index (χ3n) is 7.44. The third-order valence-corrected chi connectivity index (χ3v) is 7.44. The van der Waals surface area contributed by atoms with Crippen LogP contribution in [-0.2, 0) is 25.5 Å². The highest BCUT2D eigenvalue weighted by molar-refractivity contribution is 6.02. The molecule has 0 spiro atoms. The number of cyclic esters (lactones) is 1. The van der Waals surface area contributed by atoms with Crippen LogP contribution >= 0.6 is 0 Å². The normalized spacial score (nSPS) is 20.4. The molecule has 0 saturated carbocycles. The number of amides is 2. The number of ketones is 1. The first kappa shape index (κ1) is 29.3. The fraction of sp³-hybridized carbons (Fsp3) is 0.424. The largest absolute Gasteiger partial charge is 0.482 e. The van der Waals surface area contributed by atoms with Crippen LogP contribution < -0.4 is 0 Å². The van der Waals surface area contributed by atoms with E-state index in [1.165, 1.54) is 6.08 Å². The zero-order valence-electron chi connectivity index (χ0n) is 23.0. The van der Waals surface area contributed by atoms with Gasteiger partial charge in [-0.05, 0) is 55.0 Å². The molecule has 1 N–H and O–H groups in total. The monoisotopic (exact) mass is 545 g/mol. The van der Waals surface area contributed by atoms with Gasteiger partial charge >= 0.3 is 6.09 Å². The minimum Gasteiger partial charge on any atom is -0.482 e. The molecule has 2 aromatic carbocycles. The van der Waals surface area contributed by atoms with Crippen LogP contribution in [0.1, 0.15) is 68.5 Å². The van der Waals surface area contributed by atoms with E-state index in [-0.39, 0.29) is 25.4 Å². The van der Waals surface area contributed by atoms with Crippen LogP contribution in [0, 0.1) is 5.92 Å². The Balaban J connectivity index is 1.47. The highest BCUT2D eigenvalue weighted by atomic mass is 16.6. The molecule has 2 aromatic rings. The average molecular weight is 546 g/mol. The number of hydrogen-bond donors (Lipinski definition) is 1. The Bertz CT molecular complexity index is 1180. The summed E-state index contributed by atoms with van der Waals surface area (Å²) in [5.74, 6) is -1.10. The number of aliphatic hydroxyl groups is 1. The maximum atomic E-state index is 14.1. The summed E-state index contributed by atoms with van der Waals surface area (Å²) in [6.07, 6.45) is 11.9. The zero-order valence-corrected chi connectivity index (χ0v) is 23.0. The van der Waals surface area contributed by atoms with Crippen LogP contribution in [0.3, 0.4) is 0 Å². The number of nitrogens with zero attached hydrogens (tertiary/aromatic N) is 1. The summed E-state index contributed by atoms with van der Waals surface area (Å²) in [7, 11) is 0.